The molecule has 3 nitrogen and oxygen atoms in total. The number of carbonyl (C=O) groups excluding carboxylic acids is 2. The molecule has 0 N–H and O–H groups in total. The minimum absolute atomic E-state index is 0.204. The Morgan fingerprint density at radius 2 is 1.35 bits per heavy atom. The van der Waals surface area contributed by atoms with Crippen molar-refractivity contribution in [2.45, 2.75) is 13.8 Å². The van der Waals surface area contributed by atoms with E-state index in [1.54, 1.807) is 48.5 Å². The largest absolute Gasteiger partial charge is 0.457 e. The molecule has 0 saturated carbocycles. The van der Waals surface area contributed by atoms with Gasteiger partial charge in [0.05, 0.1) is 0 Å². The monoisotopic (exact) mass is 364 g/mol. The van der Waals surface area contributed by atoms with Crippen LogP contribution in [0.4, 0.5) is 0 Å². The SMILES string of the molecule is Cc1cccc(C)c1Oc1ccc(C(=O)c2ccccc2C(=O)Cl)cc1. The van der Waals surface area contributed by atoms with E-state index in [-0.39, 0.29) is 16.9 Å². The third-order valence-corrected chi connectivity index (χ3v) is 4.33. The van der Waals surface area contributed by atoms with Crippen molar-refractivity contribution in [2.75, 3.05) is 0 Å². The van der Waals surface area contributed by atoms with E-state index >= 15 is 0 Å². The van der Waals surface area contributed by atoms with E-state index in [4.69, 9.17) is 16.3 Å². The molecule has 0 aromatic heterocycles. The molecule has 4 heteroatoms. The zero-order valence-electron chi connectivity index (χ0n) is 14.5. The average molecular weight is 365 g/mol. The first kappa shape index (κ1) is 17.9. The van der Waals surface area contributed by atoms with Crippen LogP contribution in [-0.2, 0) is 0 Å². The van der Waals surface area contributed by atoms with Gasteiger partial charge >= 0.3 is 0 Å². The second kappa shape index (κ2) is 7.54. The van der Waals surface area contributed by atoms with Gasteiger partial charge < -0.3 is 4.74 Å². The number of hydrogen-bond acceptors (Lipinski definition) is 3. The minimum Gasteiger partial charge on any atom is -0.457 e. The molecule has 0 unspecified atom stereocenters. The van der Waals surface area contributed by atoms with E-state index in [1.807, 2.05) is 32.0 Å². The van der Waals surface area contributed by atoms with Gasteiger partial charge in [-0.1, -0.05) is 36.4 Å². The van der Waals surface area contributed by atoms with Gasteiger partial charge in [-0.05, 0) is 66.9 Å². The van der Waals surface area contributed by atoms with E-state index < -0.39 is 5.24 Å². The lowest BCUT2D eigenvalue weighted by molar-refractivity contribution is 0.102. The molecule has 0 bridgehead atoms. The van der Waals surface area contributed by atoms with Crippen molar-refractivity contribution in [3.05, 3.63) is 94.5 Å². The van der Waals surface area contributed by atoms with Gasteiger partial charge in [-0.3, -0.25) is 9.59 Å². The first-order valence-corrected chi connectivity index (χ1v) is 8.53. The first-order valence-electron chi connectivity index (χ1n) is 8.15. The number of para-hydroxylation sites is 1. The Labute approximate surface area is 157 Å². The summed E-state index contributed by atoms with van der Waals surface area (Å²) in [7, 11) is 0. The Balaban J connectivity index is 1.86. The highest BCUT2D eigenvalue weighted by Crippen LogP contribution is 2.29. The van der Waals surface area contributed by atoms with Crippen LogP contribution in [0.5, 0.6) is 11.5 Å². The van der Waals surface area contributed by atoms with Gasteiger partial charge in [0.15, 0.2) is 5.78 Å². The van der Waals surface area contributed by atoms with Gasteiger partial charge in [0.1, 0.15) is 11.5 Å². The number of benzene rings is 3. The van der Waals surface area contributed by atoms with Crippen molar-refractivity contribution >= 4 is 22.6 Å². The number of rotatable bonds is 5. The van der Waals surface area contributed by atoms with Crippen LogP contribution in [0, 0.1) is 13.8 Å². The Morgan fingerprint density at radius 1 is 0.769 bits per heavy atom. The third kappa shape index (κ3) is 3.68. The number of carbonyl (C=O) groups is 2. The summed E-state index contributed by atoms with van der Waals surface area (Å²) in [6.45, 7) is 3.97. The zero-order chi connectivity index (χ0) is 18.7. The van der Waals surface area contributed by atoms with Crippen LogP contribution in [0.2, 0.25) is 0 Å². The first-order chi connectivity index (χ1) is 12.5. The van der Waals surface area contributed by atoms with Crippen molar-refractivity contribution in [3.63, 3.8) is 0 Å². The van der Waals surface area contributed by atoms with Crippen molar-refractivity contribution in [1.29, 1.82) is 0 Å². The zero-order valence-corrected chi connectivity index (χ0v) is 15.2. The number of ether oxygens (including phenoxy) is 1. The molecule has 0 spiro atoms. The molecule has 0 saturated heterocycles. The minimum atomic E-state index is -0.649. The summed E-state index contributed by atoms with van der Waals surface area (Å²) in [5, 5.41) is -0.649. The van der Waals surface area contributed by atoms with Crippen molar-refractivity contribution < 1.29 is 14.3 Å². The molecule has 0 aliphatic carbocycles. The van der Waals surface area contributed by atoms with E-state index in [0.717, 1.165) is 16.9 Å². The maximum absolute atomic E-state index is 12.7. The van der Waals surface area contributed by atoms with Gasteiger partial charge in [0.25, 0.3) is 5.24 Å². The van der Waals surface area contributed by atoms with Crippen LogP contribution >= 0.6 is 11.6 Å². The fraction of sp³-hybridized carbons (Fsp3) is 0.0909. The highest BCUT2D eigenvalue weighted by Gasteiger charge is 2.17. The lowest BCUT2D eigenvalue weighted by Gasteiger charge is -2.12. The number of aryl methyl sites for hydroxylation is 2. The lowest BCUT2D eigenvalue weighted by Crippen LogP contribution is -2.07. The van der Waals surface area contributed by atoms with Gasteiger partial charge in [-0.2, -0.15) is 0 Å². The summed E-state index contributed by atoms with van der Waals surface area (Å²) in [5.41, 5.74) is 3.04. The van der Waals surface area contributed by atoms with E-state index in [2.05, 4.69) is 0 Å². The van der Waals surface area contributed by atoms with E-state index in [1.165, 1.54) is 0 Å². The number of ketones is 1. The van der Waals surface area contributed by atoms with Gasteiger partial charge in [0, 0.05) is 16.7 Å². The lowest BCUT2D eigenvalue weighted by atomic mass is 9.99. The number of hydrogen-bond donors (Lipinski definition) is 0. The van der Waals surface area contributed by atoms with Gasteiger partial charge in [0.2, 0.25) is 0 Å². The molecule has 0 atom stereocenters. The van der Waals surface area contributed by atoms with Crippen LogP contribution in [-0.4, -0.2) is 11.0 Å². The molecule has 0 radical (unpaired) electrons. The van der Waals surface area contributed by atoms with E-state index in [0.29, 0.717) is 11.3 Å². The summed E-state index contributed by atoms with van der Waals surface area (Å²) in [5.74, 6) is 1.19. The highest BCUT2D eigenvalue weighted by atomic mass is 35.5. The smallest absolute Gasteiger partial charge is 0.253 e. The van der Waals surface area contributed by atoms with Crippen molar-refractivity contribution in [1.82, 2.24) is 0 Å². The van der Waals surface area contributed by atoms with Gasteiger partial charge in [-0.15, -0.1) is 0 Å². The van der Waals surface area contributed by atoms with Crippen LogP contribution < -0.4 is 4.74 Å². The molecule has 0 aliphatic rings. The Morgan fingerprint density at radius 3 is 1.92 bits per heavy atom. The standard InChI is InChI=1S/C22H17ClO3/c1-14-6-5-7-15(2)21(14)26-17-12-10-16(11-13-17)20(24)18-8-3-4-9-19(18)22(23)25/h3-13H,1-2H3. The second-order valence-corrected chi connectivity index (χ2v) is 6.34. The Bertz CT molecular complexity index is 955. The summed E-state index contributed by atoms with van der Waals surface area (Å²) in [6.07, 6.45) is 0. The molecular formula is C22H17ClO3. The summed E-state index contributed by atoms with van der Waals surface area (Å²) < 4.78 is 5.96. The summed E-state index contributed by atoms with van der Waals surface area (Å²) >= 11 is 5.57. The Hall–Kier alpha value is -2.91. The maximum atomic E-state index is 12.7. The molecule has 3 aromatic rings. The average Bonchev–Trinajstić information content (AvgIpc) is 2.65. The van der Waals surface area contributed by atoms with E-state index in [9.17, 15) is 9.59 Å². The normalized spacial score (nSPS) is 10.4. The molecule has 130 valence electrons. The van der Waals surface area contributed by atoms with Crippen LogP contribution in [0.1, 0.15) is 37.4 Å². The highest BCUT2D eigenvalue weighted by molar-refractivity contribution is 6.68. The molecule has 0 aliphatic heterocycles. The Kier molecular flexibility index (Phi) is 5.19. The van der Waals surface area contributed by atoms with Crippen LogP contribution in [0.15, 0.2) is 66.7 Å². The topological polar surface area (TPSA) is 43.4 Å². The third-order valence-electron chi connectivity index (χ3n) is 4.13. The van der Waals surface area contributed by atoms with Gasteiger partial charge in [-0.25, -0.2) is 0 Å². The quantitative estimate of drug-likeness (QED) is 0.430. The molecular weight excluding hydrogens is 348 g/mol. The van der Waals surface area contributed by atoms with Crippen LogP contribution in [0.3, 0.4) is 0 Å². The second-order valence-electron chi connectivity index (χ2n) is 6.00. The molecule has 26 heavy (non-hydrogen) atoms. The molecule has 3 rings (SSSR count). The van der Waals surface area contributed by atoms with Crippen LogP contribution in [0.25, 0.3) is 0 Å². The van der Waals surface area contributed by atoms with Crippen molar-refractivity contribution in [3.8, 4) is 11.5 Å². The predicted octanol–water partition coefficient (Wildman–Crippen LogP) is 5.71. The molecule has 0 amide bonds. The maximum Gasteiger partial charge on any atom is 0.253 e. The molecule has 0 fully saturated rings. The molecule has 0 heterocycles. The summed E-state index contributed by atoms with van der Waals surface area (Å²) in [4.78, 5) is 24.2. The van der Waals surface area contributed by atoms with Crippen molar-refractivity contribution in [2.24, 2.45) is 0 Å². The number of halogens is 1. The fourth-order valence-electron chi connectivity index (χ4n) is 2.76. The molecule has 3 aromatic carbocycles. The summed E-state index contributed by atoms with van der Waals surface area (Å²) in [6, 6.07) is 19.3. The fourth-order valence-corrected chi connectivity index (χ4v) is 2.93. The predicted molar refractivity (Wildman–Crippen MR) is 102 cm³/mol.